The first-order valence-corrected chi connectivity index (χ1v) is 8.29. The highest BCUT2D eigenvalue weighted by Crippen LogP contribution is 2.28. The maximum Gasteiger partial charge on any atom is 0.316 e. The molecule has 0 bridgehead atoms. The van der Waals surface area contributed by atoms with Crippen molar-refractivity contribution in [2.75, 3.05) is 17.7 Å². The lowest BCUT2D eigenvalue weighted by molar-refractivity contribution is 0.102. The van der Waals surface area contributed by atoms with Crippen molar-refractivity contribution in [3.63, 3.8) is 0 Å². The number of ether oxygens (including phenoxy) is 1. The lowest BCUT2D eigenvalue weighted by Crippen LogP contribution is -2.20. The van der Waals surface area contributed by atoms with Crippen molar-refractivity contribution in [3.05, 3.63) is 42.2 Å². The maximum absolute atomic E-state index is 12.2. The molecule has 132 valence electrons. The van der Waals surface area contributed by atoms with E-state index in [1.54, 1.807) is 0 Å². The molecular weight excluding hydrogens is 350 g/mol. The van der Waals surface area contributed by atoms with Gasteiger partial charge < -0.3 is 21.1 Å². The second-order valence-corrected chi connectivity index (χ2v) is 6.37. The summed E-state index contributed by atoms with van der Waals surface area (Å²) in [5.74, 6) is -0.330. The summed E-state index contributed by atoms with van der Waals surface area (Å²) in [6.45, 7) is 0. The fourth-order valence-corrected chi connectivity index (χ4v) is 2.41. The van der Waals surface area contributed by atoms with E-state index in [0.717, 1.165) is 12.3 Å². The number of pyridine rings is 1. The van der Waals surface area contributed by atoms with Crippen molar-refractivity contribution < 1.29 is 22.7 Å². The second kappa shape index (κ2) is 7.15. The fraction of sp³-hybridized carbons (Fsp3) is 0.0714. The molecule has 0 saturated carbocycles. The van der Waals surface area contributed by atoms with Crippen molar-refractivity contribution >= 4 is 33.3 Å². The molecule has 2 aromatic rings. The monoisotopic (exact) mass is 365 g/mol. The normalized spacial score (nSPS) is 10.8. The summed E-state index contributed by atoms with van der Waals surface area (Å²) < 4.78 is 27.7. The maximum atomic E-state index is 12.2. The van der Waals surface area contributed by atoms with Gasteiger partial charge in [0.15, 0.2) is 0 Å². The minimum absolute atomic E-state index is 0.00447. The highest BCUT2D eigenvalue weighted by molar-refractivity contribution is 7.89. The summed E-state index contributed by atoms with van der Waals surface area (Å²) >= 11 is 0. The first kappa shape index (κ1) is 18.2. The van der Waals surface area contributed by atoms with Crippen LogP contribution in [-0.2, 0) is 10.0 Å². The van der Waals surface area contributed by atoms with Gasteiger partial charge in [0.2, 0.25) is 10.0 Å². The summed E-state index contributed by atoms with van der Waals surface area (Å²) in [6, 6.07) is 4.79. The van der Waals surface area contributed by atoms with Gasteiger partial charge in [-0.05, 0) is 18.2 Å². The molecule has 3 amide bonds. The molecule has 0 atom stereocenters. The van der Waals surface area contributed by atoms with Gasteiger partial charge in [0.25, 0.3) is 5.91 Å². The number of nitrogens with zero attached hydrogens (tertiary/aromatic N) is 1. The molecule has 1 heterocycles. The van der Waals surface area contributed by atoms with E-state index in [-0.39, 0.29) is 16.2 Å². The van der Waals surface area contributed by atoms with Crippen LogP contribution in [-0.4, -0.2) is 32.4 Å². The van der Waals surface area contributed by atoms with Crippen LogP contribution in [0.25, 0.3) is 0 Å². The molecule has 1 aromatic heterocycles. The van der Waals surface area contributed by atoms with Crippen LogP contribution in [0.5, 0.6) is 5.75 Å². The Kier molecular flexibility index (Phi) is 5.20. The minimum Gasteiger partial charge on any atom is -0.494 e. The number of rotatable bonds is 5. The fourth-order valence-electron chi connectivity index (χ4n) is 1.91. The molecular formula is C14H15N5O5S. The number of hydrogen-bond donors (Lipinski definition) is 4. The number of methoxy groups -OCH3 is 1. The molecule has 0 aliphatic carbocycles. The Bertz CT molecular complexity index is 929. The van der Waals surface area contributed by atoms with Gasteiger partial charge in [-0.25, -0.2) is 18.4 Å². The van der Waals surface area contributed by atoms with Crippen molar-refractivity contribution in [2.45, 2.75) is 4.90 Å². The number of nitrogens with two attached hydrogens (primary N) is 2. The van der Waals surface area contributed by atoms with Crippen molar-refractivity contribution in [1.29, 1.82) is 0 Å². The van der Waals surface area contributed by atoms with E-state index in [0.29, 0.717) is 11.4 Å². The predicted molar refractivity (Wildman–Crippen MR) is 89.8 cm³/mol. The molecule has 0 aliphatic rings. The number of primary amides is 1. The number of sulfonamides is 1. The zero-order chi connectivity index (χ0) is 18.6. The van der Waals surface area contributed by atoms with E-state index in [1.165, 1.54) is 31.5 Å². The third-order valence-corrected chi connectivity index (χ3v) is 3.90. The van der Waals surface area contributed by atoms with Crippen LogP contribution >= 0.6 is 0 Å². The Morgan fingerprint density at radius 2 is 1.88 bits per heavy atom. The van der Waals surface area contributed by atoms with Crippen molar-refractivity contribution in [2.24, 2.45) is 10.9 Å². The number of hydrogen-bond acceptors (Lipinski definition) is 6. The summed E-state index contributed by atoms with van der Waals surface area (Å²) in [4.78, 5) is 26.6. The SMILES string of the molecule is COc1cc(NC(=O)c2cncc(S(N)(=O)=O)c2)ccc1NC(N)=O. The highest BCUT2D eigenvalue weighted by Gasteiger charge is 2.14. The van der Waals surface area contributed by atoms with Gasteiger partial charge in [0.1, 0.15) is 10.6 Å². The van der Waals surface area contributed by atoms with Crippen LogP contribution in [0.15, 0.2) is 41.6 Å². The van der Waals surface area contributed by atoms with E-state index < -0.39 is 22.0 Å². The van der Waals surface area contributed by atoms with E-state index in [2.05, 4.69) is 15.6 Å². The molecule has 0 unspecified atom stereocenters. The summed E-state index contributed by atoms with van der Waals surface area (Å²) in [6.07, 6.45) is 2.24. The third kappa shape index (κ3) is 4.65. The Labute approximate surface area is 143 Å². The third-order valence-electron chi connectivity index (χ3n) is 3.02. The highest BCUT2D eigenvalue weighted by atomic mass is 32.2. The number of nitrogens with one attached hydrogen (secondary N) is 2. The topological polar surface area (TPSA) is 166 Å². The molecule has 25 heavy (non-hydrogen) atoms. The molecule has 2 rings (SSSR count). The molecule has 11 heteroatoms. The van der Waals surface area contributed by atoms with E-state index in [9.17, 15) is 18.0 Å². The second-order valence-electron chi connectivity index (χ2n) is 4.81. The number of amides is 3. The van der Waals surface area contributed by atoms with Gasteiger partial charge in [-0.3, -0.25) is 9.78 Å². The van der Waals surface area contributed by atoms with Crippen LogP contribution in [0.4, 0.5) is 16.2 Å². The molecule has 0 radical (unpaired) electrons. The van der Waals surface area contributed by atoms with Crippen molar-refractivity contribution in [3.8, 4) is 5.75 Å². The average molecular weight is 365 g/mol. The Morgan fingerprint density at radius 3 is 2.48 bits per heavy atom. The first-order chi connectivity index (χ1) is 11.7. The number of primary sulfonamides is 1. The number of benzene rings is 1. The molecule has 10 nitrogen and oxygen atoms in total. The van der Waals surface area contributed by atoms with Crippen LogP contribution < -0.4 is 26.2 Å². The summed E-state index contributed by atoms with van der Waals surface area (Å²) in [5.41, 5.74) is 5.73. The Hall–Kier alpha value is -3.18. The van der Waals surface area contributed by atoms with E-state index in [4.69, 9.17) is 15.6 Å². The van der Waals surface area contributed by atoms with Crippen LogP contribution in [0.1, 0.15) is 10.4 Å². The average Bonchev–Trinajstić information content (AvgIpc) is 2.55. The molecule has 0 fully saturated rings. The number of aromatic nitrogens is 1. The molecule has 0 saturated heterocycles. The molecule has 1 aromatic carbocycles. The van der Waals surface area contributed by atoms with E-state index in [1.807, 2.05) is 0 Å². The minimum atomic E-state index is -3.97. The van der Waals surface area contributed by atoms with Crippen LogP contribution in [0.2, 0.25) is 0 Å². The largest absolute Gasteiger partial charge is 0.494 e. The molecule has 0 aliphatic heterocycles. The molecule has 0 spiro atoms. The number of carbonyl (C=O) groups is 2. The van der Waals surface area contributed by atoms with Gasteiger partial charge in [0, 0.05) is 24.1 Å². The smallest absolute Gasteiger partial charge is 0.316 e. The molecule has 6 N–H and O–H groups in total. The lowest BCUT2D eigenvalue weighted by atomic mass is 10.2. The first-order valence-electron chi connectivity index (χ1n) is 6.74. The van der Waals surface area contributed by atoms with Gasteiger partial charge in [-0.1, -0.05) is 0 Å². The zero-order valence-corrected chi connectivity index (χ0v) is 13.8. The summed E-state index contributed by atoms with van der Waals surface area (Å²) in [5, 5.41) is 9.94. The Morgan fingerprint density at radius 1 is 1.16 bits per heavy atom. The number of urea groups is 1. The number of carbonyl (C=O) groups excluding carboxylic acids is 2. The van der Waals surface area contributed by atoms with Gasteiger partial charge >= 0.3 is 6.03 Å². The van der Waals surface area contributed by atoms with E-state index >= 15 is 0 Å². The zero-order valence-electron chi connectivity index (χ0n) is 13.0. The van der Waals surface area contributed by atoms with Gasteiger partial charge in [0.05, 0.1) is 18.4 Å². The van der Waals surface area contributed by atoms with Crippen molar-refractivity contribution in [1.82, 2.24) is 4.98 Å². The summed E-state index contributed by atoms with van der Waals surface area (Å²) in [7, 11) is -2.59. The van der Waals surface area contributed by atoms with Gasteiger partial charge in [-0.15, -0.1) is 0 Å². The lowest BCUT2D eigenvalue weighted by Gasteiger charge is -2.11. The van der Waals surface area contributed by atoms with Crippen LogP contribution in [0.3, 0.4) is 0 Å². The number of anilines is 2. The van der Waals surface area contributed by atoms with Gasteiger partial charge in [-0.2, -0.15) is 0 Å². The quantitative estimate of drug-likeness (QED) is 0.601. The van der Waals surface area contributed by atoms with Crippen LogP contribution in [0, 0.1) is 0 Å². The Balaban J connectivity index is 2.25. The predicted octanol–water partition coefficient (Wildman–Crippen LogP) is 0.480. The standard InChI is InChI=1S/C14H15N5O5S/c1-24-12-5-9(2-3-11(12)19-14(15)21)18-13(20)8-4-10(7-17-6-8)25(16,22)23/h2-7H,1H3,(H,18,20)(H3,15,19,21)(H2,16,22,23).